The highest BCUT2D eigenvalue weighted by atomic mass is 16.3. The molecule has 0 unspecified atom stereocenters. The van der Waals surface area contributed by atoms with Gasteiger partial charge in [-0.25, -0.2) is 0 Å². The molecule has 12 heavy (non-hydrogen) atoms. The maximum atomic E-state index is 9.12. The Labute approximate surface area is 73.2 Å². The van der Waals surface area contributed by atoms with Gasteiger partial charge in [-0.15, -0.1) is 0 Å². The number of hydrogen-bond acceptors (Lipinski definition) is 2. The summed E-state index contributed by atoms with van der Waals surface area (Å²) in [6.07, 6.45) is 10.8. The molecule has 2 heteroatoms. The van der Waals surface area contributed by atoms with Gasteiger partial charge in [0, 0.05) is 5.41 Å². The van der Waals surface area contributed by atoms with Crippen LogP contribution in [0.1, 0.15) is 19.3 Å². The Morgan fingerprint density at radius 3 is 2.58 bits per heavy atom. The first-order valence-corrected chi connectivity index (χ1v) is 4.39. The van der Waals surface area contributed by atoms with Crippen LogP contribution in [0.5, 0.6) is 0 Å². The molecule has 0 fully saturated rings. The SMILES string of the molecule is OCC1(CO)C=CC=CCCC1. The maximum Gasteiger partial charge on any atom is 0.0544 e. The van der Waals surface area contributed by atoms with E-state index in [0.29, 0.717) is 0 Å². The highest BCUT2D eigenvalue weighted by Crippen LogP contribution is 2.26. The molecule has 0 bridgehead atoms. The van der Waals surface area contributed by atoms with E-state index in [4.69, 9.17) is 10.2 Å². The van der Waals surface area contributed by atoms with Crippen LogP contribution in [0.2, 0.25) is 0 Å². The van der Waals surface area contributed by atoms with Gasteiger partial charge >= 0.3 is 0 Å². The molecule has 0 atom stereocenters. The molecule has 2 nitrogen and oxygen atoms in total. The van der Waals surface area contributed by atoms with Crippen LogP contribution >= 0.6 is 0 Å². The van der Waals surface area contributed by atoms with Gasteiger partial charge in [0.2, 0.25) is 0 Å². The monoisotopic (exact) mass is 168 g/mol. The van der Waals surface area contributed by atoms with Crippen LogP contribution in [-0.2, 0) is 0 Å². The summed E-state index contributed by atoms with van der Waals surface area (Å²) in [7, 11) is 0. The Morgan fingerprint density at radius 2 is 1.92 bits per heavy atom. The van der Waals surface area contributed by atoms with Crippen molar-refractivity contribution in [2.24, 2.45) is 5.41 Å². The van der Waals surface area contributed by atoms with Crippen molar-refractivity contribution in [2.75, 3.05) is 13.2 Å². The summed E-state index contributed by atoms with van der Waals surface area (Å²) < 4.78 is 0. The first kappa shape index (κ1) is 9.49. The Kier molecular flexibility index (Phi) is 3.50. The Hall–Kier alpha value is -0.600. The fourth-order valence-electron chi connectivity index (χ4n) is 1.40. The average Bonchev–Trinajstić information content (AvgIpc) is 2.06. The fourth-order valence-corrected chi connectivity index (χ4v) is 1.40. The molecule has 2 N–H and O–H groups in total. The fraction of sp³-hybridized carbons (Fsp3) is 0.600. The van der Waals surface area contributed by atoms with E-state index in [-0.39, 0.29) is 18.6 Å². The second-order valence-electron chi connectivity index (χ2n) is 3.36. The average molecular weight is 168 g/mol. The molecule has 0 aromatic heterocycles. The lowest BCUT2D eigenvalue weighted by atomic mass is 9.83. The van der Waals surface area contributed by atoms with Gasteiger partial charge in [0.25, 0.3) is 0 Å². The molecule has 0 aromatic rings. The third-order valence-corrected chi connectivity index (χ3v) is 2.37. The summed E-state index contributed by atoms with van der Waals surface area (Å²) in [5, 5.41) is 18.2. The zero-order chi connectivity index (χ0) is 8.86. The van der Waals surface area contributed by atoms with E-state index in [1.54, 1.807) is 0 Å². The third-order valence-electron chi connectivity index (χ3n) is 2.37. The van der Waals surface area contributed by atoms with Crippen molar-refractivity contribution in [3.63, 3.8) is 0 Å². The van der Waals surface area contributed by atoms with Crippen molar-refractivity contribution in [1.82, 2.24) is 0 Å². The molecule has 1 rings (SSSR count). The van der Waals surface area contributed by atoms with E-state index in [9.17, 15) is 0 Å². The van der Waals surface area contributed by atoms with Crippen molar-refractivity contribution < 1.29 is 10.2 Å². The van der Waals surface area contributed by atoms with Crippen LogP contribution in [0.4, 0.5) is 0 Å². The summed E-state index contributed by atoms with van der Waals surface area (Å²) in [5.41, 5.74) is -0.384. The van der Waals surface area contributed by atoms with Crippen molar-refractivity contribution in [2.45, 2.75) is 19.3 Å². The van der Waals surface area contributed by atoms with E-state index < -0.39 is 0 Å². The highest BCUT2D eigenvalue weighted by molar-refractivity contribution is 5.10. The Bertz CT molecular complexity index is 178. The van der Waals surface area contributed by atoms with Crippen molar-refractivity contribution in [3.05, 3.63) is 24.3 Å². The second kappa shape index (κ2) is 4.43. The summed E-state index contributed by atoms with van der Waals surface area (Å²) in [5.74, 6) is 0. The lowest BCUT2D eigenvalue weighted by Crippen LogP contribution is -2.27. The Balaban J connectivity index is 2.71. The van der Waals surface area contributed by atoms with Crippen LogP contribution in [-0.4, -0.2) is 23.4 Å². The number of aliphatic hydroxyl groups is 2. The smallest absolute Gasteiger partial charge is 0.0544 e. The molecule has 0 radical (unpaired) electrons. The van der Waals surface area contributed by atoms with Gasteiger partial charge in [-0.2, -0.15) is 0 Å². The molecule has 0 heterocycles. The van der Waals surface area contributed by atoms with E-state index in [2.05, 4.69) is 6.08 Å². The second-order valence-corrected chi connectivity index (χ2v) is 3.36. The minimum atomic E-state index is -0.384. The predicted molar refractivity (Wildman–Crippen MR) is 48.7 cm³/mol. The standard InChI is InChI=1S/C10H16O2/c11-8-10(9-12)6-4-2-1-3-5-7-10/h1-2,4,6,11-12H,3,5,7-9H2. The van der Waals surface area contributed by atoms with E-state index in [1.807, 2.05) is 18.2 Å². The van der Waals surface area contributed by atoms with Crippen molar-refractivity contribution in [3.8, 4) is 0 Å². The molecule has 0 saturated carbocycles. The first-order valence-electron chi connectivity index (χ1n) is 4.39. The van der Waals surface area contributed by atoms with Gasteiger partial charge in [0.15, 0.2) is 0 Å². The number of rotatable bonds is 2. The summed E-state index contributed by atoms with van der Waals surface area (Å²) in [4.78, 5) is 0. The molecular weight excluding hydrogens is 152 g/mol. The quantitative estimate of drug-likeness (QED) is 0.651. The normalized spacial score (nSPS) is 21.8. The first-order chi connectivity index (χ1) is 5.83. The molecule has 0 amide bonds. The van der Waals surface area contributed by atoms with Crippen LogP contribution in [0, 0.1) is 5.41 Å². The number of aliphatic hydroxyl groups excluding tert-OH is 2. The minimum absolute atomic E-state index is 0.0356. The predicted octanol–water partition coefficient (Wildman–Crippen LogP) is 1.25. The molecule has 68 valence electrons. The van der Waals surface area contributed by atoms with Crippen molar-refractivity contribution >= 4 is 0 Å². The maximum absolute atomic E-state index is 9.12. The molecule has 1 aliphatic carbocycles. The van der Waals surface area contributed by atoms with Crippen LogP contribution in [0.3, 0.4) is 0 Å². The molecule has 1 aliphatic rings. The molecule has 0 spiro atoms. The van der Waals surface area contributed by atoms with Crippen LogP contribution in [0.25, 0.3) is 0 Å². The van der Waals surface area contributed by atoms with Gasteiger partial charge in [0.1, 0.15) is 0 Å². The third kappa shape index (κ3) is 2.19. The topological polar surface area (TPSA) is 40.5 Å². The highest BCUT2D eigenvalue weighted by Gasteiger charge is 2.24. The number of hydrogen-bond donors (Lipinski definition) is 2. The van der Waals surface area contributed by atoms with Gasteiger partial charge in [-0.3, -0.25) is 0 Å². The van der Waals surface area contributed by atoms with Crippen LogP contribution in [0.15, 0.2) is 24.3 Å². The number of allylic oxidation sites excluding steroid dienone is 3. The van der Waals surface area contributed by atoms with Gasteiger partial charge in [-0.05, 0) is 19.3 Å². The lowest BCUT2D eigenvalue weighted by molar-refractivity contribution is 0.0847. The summed E-state index contributed by atoms with van der Waals surface area (Å²) in [6.45, 7) is 0.0711. The molecule has 0 aliphatic heterocycles. The van der Waals surface area contributed by atoms with E-state index in [1.165, 1.54) is 0 Å². The molecule has 0 aromatic carbocycles. The van der Waals surface area contributed by atoms with E-state index >= 15 is 0 Å². The molecular formula is C10H16O2. The summed E-state index contributed by atoms with van der Waals surface area (Å²) in [6, 6.07) is 0. The molecule has 0 saturated heterocycles. The lowest BCUT2D eigenvalue weighted by Gasteiger charge is -2.26. The zero-order valence-corrected chi connectivity index (χ0v) is 7.24. The zero-order valence-electron chi connectivity index (χ0n) is 7.24. The van der Waals surface area contributed by atoms with Gasteiger partial charge in [-0.1, -0.05) is 24.3 Å². The minimum Gasteiger partial charge on any atom is -0.395 e. The van der Waals surface area contributed by atoms with Gasteiger partial charge in [0.05, 0.1) is 13.2 Å². The van der Waals surface area contributed by atoms with Gasteiger partial charge < -0.3 is 10.2 Å². The largest absolute Gasteiger partial charge is 0.395 e. The van der Waals surface area contributed by atoms with E-state index in [0.717, 1.165) is 19.3 Å². The van der Waals surface area contributed by atoms with Crippen molar-refractivity contribution in [1.29, 1.82) is 0 Å². The summed E-state index contributed by atoms with van der Waals surface area (Å²) >= 11 is 0. The van der Waals surface area contributed by atoms with Crippen LogP contribution < -0.4 is 0 Å². The Morgan fingerprint density at radius 1 is 1.17 bits per heavy atom.